The average Bonchev–Trinajstić information content (AvgIpc) is 2.47. The Labute approximate surface area is 139 Å². The van der Waals surface area contributed by atoms with Crippen LogP contribution in [0.25, 0.3) is 0 Å². The summed E-state index contributed by atoms with van der Waals surface area (Å²) in [7, 11) is 0. The minimum Gasteiger partial charge on any atom is -0.393 e. The third-order valence-corrected chi connectivity index (χ3v) is 3.98. The van der Waals surface area contributed by atoms with Gasteiger partial charge in [-0.1, -0.05) is 0 Å². The Balaban J connectivity index is 1.54. The molecule has 3 rings (SSSR count). The van der Waals surface area contributed by atoms with E-state index >= 15 is 0 Å². The summed E-state index contributed by atoms with van der Waals surface area (Å²) < 4.78 is 0. The molecular formula is C16H22N6O2. The number of rotatable bonds is 6. The molecule has 1 aliphatic carbocycles. The minimum absolute atomic E-state index is 0.170. The van der Waals surface area contributed by atoms with Crippen LogP contribution < -0.4 is 16.2 Å². The highest BCUT2D eigenvalue weighted by molar-refractivity contribution is 5.38. The maximum absolute atomic E-state index is 11.4. The van der Waals surface area contributed by atoms with E-state index in [0.717, 1.165) is 24.4 Å². The molecule has 0 radical (unpaired) electrons. The van der Waals surface area contributed by atoms with Gasteiger partial charge in [0.25, 0.3) is 5.56 Å². The molecule has 0 saturated heterocycles. The van der Waals surface area contributed by atoms with E-state index in [1.807, 2.05) is 13.0 Å². The van der Waals surface area contributed by atoms with Crippen molar-refractivity contribution >= 4 is 11.8 Å². The van der Waals surface area contributed by atoms with Gasteiger partial charge in [-0.3, -0.25) is 9.78 Å². The van der Waals surface area contributed by atoms with E-state index in [9.17, 15) is 9.90 Å². The van der Waals surface area contributed by atoms with Crippen LogP contribution in [-0.2, 0) is 0 Å². The van der Waals surface area contributed by atoms with Crippen molar-refractivity contribution < 1.29 is 5.11 Å². The first-order valence-corrected chi connectivity index (χ1v) is 8.09. The van der Waals surface area contributed by atoms with E-state index in [2.05, 4.69) is 30.6 Å². The van der Waals surface area contributed by atoms with Crippen LogP contribution in [0.5, 0.6) is 0 Å². The second-order valence-corrected chi connectivity index (χ2v) is 6.14. The Morgan fingerprint density at radius 2 is 1.92 bits per heavy atom. The fourth-order valence-corrected chi connectivity index (χ4v) is 2.75. The minimum atomic E-state index is -0.199. The number of nitrogens with one attached hydrogen (secondary N) is 3. The highest BCUT2D eigenvalue weighted by atomic mass is 16.3. The predicted octanol–water partition coefficient (Wildman–Crippen LogP) is 0.939. The number of aryl methyl sites for hydroxylation is 2. The van der Waals surface area contributed by atoms with Gasteiger partial charge in [0.05, 0.1) is 6.10 Å². The normalized spacial score (nSPS) is 19.6. The van der Waals surface area contributed by atoms with Crippen LogP contribution in [0, 0.1) is 13.8 Å². The van der Waals surface area contributed by atoms with Crippen LogP contribution >= 0.6 is 0 Å². The van der Waals surface area contributed by atoms with Crippen LogP contribution in [0.4, 0.5) is 11.8 Å². The molecule has 1 saturated carbocycles. The smallest absolute Gasteiger partial charge is 0.252 e. The van der Waals surface area contributed by atoms with E-state index in [0.29, 0.717) is 36.5 Å². The number of hydrogen-bond donors (Lipinski definition) is 4. The molecule has 0 spiro atoms. The lowest BCUT2D eigenvalue weighted by Gasteiger charge is -2.31. The molecule has 128 valence electrons. The number of aromatic nitrogens is 4. The third kappa shape index (κ3) is 4.08. The largest absolute Gasteiger partial charge is 0.393 e. The van der Waals surface area contributed by atoms with Gasteiger partial charge in [0, 0.05) is 42.5 Å². The molecule has 2 heterocycles. The summed E-state index contributed by atoms with van der Waals surface area (Å²) >= 11 is 0. The molecule has 0 aliphatic heterocycles. The topological polar surface area (TPSA) is 116 Å². The Kier molecular flexibility index (Phi) is 4.75. The Hall–Kier alpha value is -2.48. The highest BCUT2D eigenvalue weighted by Gasteiger charge is 2.30. The molecule has 24 heavy (non-hydrogen) atoms. The molecule has 0 atom stereocenters. The molecule has 0 aromatic carbocycles. The second kappa shape index (κ2) is 6.96. The van der Waals surface area contributed by atoms with Crippen LogP contribution in [-0.4, -0.2) is 44.2 Å². The molecular weight excluding hydrogens is 308 g/mol. The van der Waals surface area contributed by atoms with Crippen molar-refractivity contribution in [1.29, 1.82) is 0 Å². The van der Waals surface area contributed by atoms with Crippen LogP contribution in [0.3, 0.4) is 0 Å². The van der Waals surface area contributed by atoms with Crippen molar-refractivity contribution in [3.05, 3.63) is 39.7 Å². The highest BCUT2D eigenvalue weighted by Crippen LogP contribution is 2.36. The van der Waals surface area contributed by atoms with E-state index in [1.54, 1.807) is 6.92 Å². The summed E-state index contributed by atoms with van der Waals surface area (Å²) in [6.45, 7) is 4.86. The number of hydrogen-bond acceptors (Lipinski definition) is 7. The number of aliphatic hydroxyl groups excluding tert-OH is 1. The number of H-pyrrole nitrogens is 1. The van der Waals surface area contributed by atoms with Crippen molar-refractivity contribution in [1.82, 2.24) is 19.9 Å². The van der Waals surface area contributed by atoms with Gasteiger partial charge in [-0.05, 0) is 26.7 Å². The lowest BCUT2D eigenvalue weighted by molar-refractivity contribution is 0.0731. The van der Waals surface area contributed by atoms with E-state index in [-0.39, 0.29) is 11.7 Å². The molecule has 2 aromatic heterocycles. The summed E-state index contributed by atoms with van der Waals surface area (Å²) in [6, 6.07) is 3.39. The summed E-state index contributed by atoms with van der Waals surface area (Å²) in [5, 5.41) is 15.8. The molecule has 1 aliphatic rings. The predicted molar refractivity (Wildman–Crippen MR) is 91.3 cm³/mol. The van der Waals surface area contributed by atoms with Gasteiger partial charge < -0.3 is 15.7 Å². The van der Waals surface area contributed by atoms with Crippen molar-refractivity contribution in [3.8, 4) is 0 Å². The molecule has 4 N–H and O–H groups in total. The van der Waals surface area contributed by atoms with Gasteiger partial charge in [-0.2, -0.15) is 0 Å². The molecule has 0 amide bonds. The van der Waals surface area contributed by atoms with Gasteiger partial charge in [0.1, 0.15) is 11.6 Å². The molecule has 8 nitrogen and oxygen atoms in total. The third-order valence-electron chi connectivity index (χ3n) is 3.98. The van der Waals surface area contributed by atoms with E-state index in [4.69, 9.17) is 0 Å². The molecule has 1 fully saturated rings. The number of anilines is 2. The lowest BCUT2D eigenvalue weighted by atomic mass is 9.80. The quantitative estimate of drug-likeness (QED) is 0.582. The maximum atomic E-state index is 11.4. The van der Waals surface area contributed by atoms with Crippen LogP contribution in [0.1, 0.15) is 36.0 Å². The first kappa shape index (κ1) is 16.4. The van der Waals surface area contributed by atoms with Crippen molar-refractivity contribution in [2.24, 2.45) is 0 Å². The molecule has 0 unspecified atom stereocenters. The Morgan fingerprint density at radius 1 is 1.17 bits per heavy atom. The number of nitrogens with zero attached hydrogens (tertiary/aromatic N) is 3. The van der Waals surface area contributed by atoms with Gasteiger partial charge in [-0.25, -0.2) is 15.0 Å². The summed E-state index contributed by atoms with van der Waals surface area (Å²) in [5.41, 5.74) is 1.48. The molecule has 2 aromatic rings. The van der Waals surface area contributed by atoms with Crippen LogP contribution in [0.15, 0.2) is 16.9 Å². The fourth-order valence-electron chi connectivity index (χ4n) is 2.75. The second-order valence-electron chi connectivity index (χ2n) is 6.14. The van der Waals surface area contributed by atoms with E-state index < -0.39 is 0 Å². The zero-order valence-electron chi connectivity index (χ0n) is 13.8. The lowest BCUT2D eigenvalue weighted by Crippen LogP contribution is -2.27. The Morgan fingerprint density at radius 3 is 2.62 bits per heavy atom. The van der Waals surface area contributed by atoms with Crippen molar-refractivity contribution in [2.75, 3.05) is 23.7 Å². The van der Waals surface area contributed by atoms with Gasteiger partial charge in [-0.15, -0.1) is 0 Å². The van der Waals surface area contributed by atoms with Gasteiger partial charge >= 0.3 is 0 Å². The fraction of sp³-hybridized carbons (Fsp3) is 0.500. The zero-order chi connectivity index (χ0) is 17.1. The van der Waals surface area contributed by atoms with Gasteiger partial charge in [0.2, 0.25) is 5.95 Å². The van der Waals surface area contributed by atoms with E-state index in [1.165, 1.54) is 6.07 Å². The van der Waals surface area contributed by atoms with Crippen LogP contribution in [0.2, 0.25) is 0 Å². The molecule has 0 bridgehead atoms. The van der Waals surface area contributed by atoms with Crippen molar-refractivity contribution in [3.63, 3.8) is 0 Å². The standard InChI is InChI=1S/C16H22N6O2/c1-9-5-15(24)22-16(19-9)18-4-3-17-14-8-13(20-10(2)21-14)11-6-12(23)7-11/h5,8,11-12,23H,3-4,6-7H2,1-2H3,(H,17,20,21)(H2,18,19,22,24). The first-order valence-electron chi connectivity index (χ1n) is 8.09. The number of aromatic amines is 1. The summed E-state index contributed by atoms with van der Waals surface area (Å²) in [6.07, 6.45) is 1.34. The van der Waals surface area contributed by atoms with Crippen molar-refractivity contribution in [2.45, 2.75) is 38.7 Å². The number of aliphatic hydroxyl groups is 1. The Bertz CT molecular complexity index is 769. The molecule has 8 heteroatoms. The zero-order valence-corrected chi connectivity index (χ0v) is 13.8. The SMILES string of the molecule is Cc1cc(=O)[nH]c(NCCNc2cc(C3CC(O)C3)nc(C)n2)n1. The average molecular weight is 330 g/mol. The summed E-state index contributed by atoms with van der Waals surface area (Å²) in [5.74, 6) is 2.27. The van der Waals surface area contributed by atoms with Gasteiger partial charge in [0.15, 0.2) is 0 Å². The summed E-state index contributed by atoms with van der Waals surface area (Å²) in [4.78, 5) is 27.1. The first-order chi connectivity index (χ1) is 11.5. The monoisotopic (exact) mass is 330 g/mol. The maximum Gasteiger partial charge on any atom is 0.252 e.